The fourth-order valence-corrected chi connectivity index (χ4v) is 5.28. The van der Waals surface area contributed by atoms with E-state index < -0.39 is 10.0 Å². The highest BCUT2D eigenvalue weighted by atomic mass is 79.9. The molecule has 0 N–H and O–H groups in total. The molecule has 1 fully saturated rings. The van der Waals surface area contributed by atoms with Crippen LogP contribution in [0.1, 0.15) is 11.7 Å². The van der Waals surface area contributed by atoms with Gasteiger partial charge < -0.3 is 4.74 Å². The van der Waals surface area contributed by atoms with Gasteiger partial charge in [-0.25, -0.2) is 13.1 Å². The minimum Gasteiger partial charge on any atom is -0.487 e. The zero-order valence-corrected chi connectivity index (χ0v) is 16.7. The SMILES string of the molecule is O=S(=O)(c1ccccc1Br)N1CC(n2cc(COc3ccccc3)nn2)C1. The normalized spacial score (nSPS) is 15.4. The molecule has 0 saturated carbocycles. The average Bonchev–Trinajstić information content (AvgIpc) is 3.08. The molecule has 3 aromatic rings. The summed E-state index contributed by atoms with van der Waals surface area (Å²) in [7, 11) is -3.51. The zero-order valence-electron chi connectivity index (χ0n) is 14.3. The van der Waals surface area contributed by atoms with Gasteiger partial charge in [0.2, 0.25) is 10.0 Å². The van der Waals surface area contributed by atoms with Crippen LogP contribution < -0.4 is 4.74 Å². The van der Waals surface area contributed by atoms with Gasteiger partial charge in [0.05, 0.1) is 17.1 Å². The summed E-state index contributed by atoms with van der Waals surface area (Å²) in [6, 6.07) is 16.3. The fraction of sp³-hybridized carbons (Fsp3) is 0.222. The largest absolute Gasteiger partial charge is 0.487 e. The predicted octanol–water partition coefficient (Wildman–Crippen LogP) is 2.87. The van der Waals surface area contributed by atoms with E-state index in [4.69, 9.17) is 4.74 Å². The molecule has 0 aliphatic carbocycles. The van der Waals surface area contributed by atoms with Crippen LogP contribution in [0.5, 0.6) is 5.75 Å². The first kappa shape index (κ1) is 18.1. The summed E-state index contributed by atoms with van der Waals surface area (Å²) in [4.78, 5) is 0.277. The molecule has 1 aromatic heterocycles. The fourth-order valence-electron chi connectivity index (χ4n) is 2.81. The molecule has 1 saturated heterocycles. The lowest BCUT2D eigenvalue weighted by Crippen LogP contribution is -2.50. The van der Waals surface area contributed by atoms with E-state index in [0.717, 1.165) is 5.75 Å². The molecule has 0 spiro atoms. The van der Waals surface area contributed by atoms with Crippen LogP contribution in [0, 0.1) is 0 Å². The maximum absolute atomic E-state index is 12.7. The highest BCUT2D eigenvalue weighted by molar-refractivity contribution is 9.10. The summed E-state index contributed by atoms with van der Waals surface area (Å²) in [5.74, 6) is 0.765. The van der Waals surface area contributed by atoms with Crippen molar-refractivity contribution in [3.8, 4) is 5.75 Å². The van der Waals surface area contributed by atoms with E-state index in [1.165, 1.54) is 4.31 Å². The van der Waals surface area contributed by atoms with E-state index >= 15 is 0 Å². The predicted molar refractivity (Wildman–Crippen MR) is 103 cm³/mol. The maximum atomic E-state index is 12.7. The van der Waals surface area contributed by atoms with Gasteiger partial charge in [0.25, 0.3) is 0 Å². The van der Waals surface area contributed by atoms with Gasteiger partial charge in [-0.3, -0.25) is 0 Å². The van der Waals surface area contributed by atoms with Crippen molar-refractivity contribution < 1.29 is 13.2 Å². The summed E-state index contributed by atoms with van der Waals surface area (Å²) in [6.07, 6.45) is 1.80. The van der Waals surface area contributed by atoms with Crippen LogP contribution >= 0.6 is 15.9 Å². The van der Waals surface area contributed by atoms with Crippen LogP contribution in [0.15, 0.2) is 70.2 Å². The zero-order chi connectivity index (χ0) is 18.9. The summed E-state index contributed by atoms with van der Waals surface area (Å²) in [5.41, 5.74) is 0.700. The van der Waals surface area contributed by atoms with E-state index in [-0.39, 0.29) is 10.9 Å². The van der Waals surface area contributed by atoms with Gasteiger partial charge in [-0.15, -0.1) is 5.10 Å². The smallest absolute Gasteiger partial charge is 0.244 e. The van der Waals surface area contributed by atoms with Crippen molar-refractivity contribution in [1.29, 1.82) is 0 Å². The molecule has 140 valence electrons. The van der Waals surface area contributed by atoms with Crippen molar-refractivity contribution in [2.24, 2.45) is 0 Å². The number of sulfonamides is 1. The van der Waals surface area contributed by atoms with Gasteiger partial charge in [-0.05, 0) is 40.2 Å². The second-order valence-electron chi connectivity index (χ2n) is 6.20. The van der Waals surface area contributed by atoms with Crippen molar-refractivity contribution >= 4 is 26.0 Å². The Kier molecular flexibility index (Phi) is 4.98. The third-order valence-electron chi connectivity index (χ3n) is 4.35. The van der Waals surface area contributed by atoms with Gasteiger partial charge >= 0.3 is 0 Å². The van der Waals surface area contributed by atoms with Crippen molar-refractivity contribution in [3.63, 3.8) is 0 Å². The van der Waals surface area contributed by atoms with E-state index in [2.05, 4.69) is 26.2 Å². The molecule has 1 aliphatic heterocycles. The average molecular weight is 449 g/mol. The van der Waals surface area contributed by atoms with Crippen LogP contribution in [-0.4, -0.2) is 40.8 Å². The molecule has 0 unspecified atom stereocenters. The van der Waals surface area contributed by atoms with Crippen LogP contribution in [0.4, 0.5) is 0 Å². The minimum atomic E-state index is -3.51. The van der Waals surface area contributed by atoms with Crippen LogP contribution in [-0.2, 0) is 16.6 Å². The number of hydrogen-bond acceptors (Lipinski definition) is 5. The molecule has 0 radical (unpaired) electrons. The van der Waals surface area contributed by atoms with E-state index in [1.807, 2.05) is 30.3 Å². The molecule has 2 aromatic carbocycles. The first-order valence-corrected chi connectivity index (χ1v) is 10.6. The second-order valence-corrected chi connectivity index (χ2v) is 8.96. The van der Waals surface area contributed by atoms with Gasteiger partial charge in [-0.1, -0.05) is 35.5 Å². The van der Waals surface area contributed by atoms with Crippen LogP contribution in [0.25, 0.3) is 0 Å². The second kappa shape index (κ2) is 7.41. The third-order valence-corrected chi connectivity index (χ3v) is 7.19. The van der Waals surface area contributed by atoms with Crippen LogP contribution in [0.3, 0.4) is 0 Å². The van der Waals surface area contributed by atoms with E-state index in [9.17, 15) is 8.42 Å². The first-order chi connectivity index (χ1) is 13.0. The Morgan fingerprint density at radius 1 is 1.07 bits per heavy atom. The number of para-hydroxylation sites is 1. The molecule has 9 heteroatoms. The summed E-state index contributed by atoms with van der Waals surface area (Å²) >= 11 is 3.31. The number of hydrogen-bond donors (Lipinski definition) is 0. The van der Waals surface area contributed by atoms with Crippen LogP contribution in [0.2, 0.25) is 0 Å². The highest BCUT2D eigenvalue weighted by Gasteiger charge is 2.39. The topological polar surface area (TPSA) is 77.3 Å². The standard InChI is InChI=1S/C18H17BrN4O3S/c19-17-8-4-5-9-18(17)27(24,25)22-11-15(12-22)23-10-14(20-21-23)13-26-16-6-2-1-3-7-16/h1-10,15H,11-13H2. The summed E-state index contributed by atoms with van der Waals surface area (Å²) < 4.78 is 34.8. The lowest BCUT2D eigenvalue weighted by Gasteiger charge is -2.37. The highest BCUT2D eigenvalue weighted by Crippen LogP contribution is 2.31. The molecule has 0 bridgehead atoms. The number of rotatable bonds is 6. The molecule has 1 aliphatic rings. The number of ether oxygens (including phenoxy) is 1. The maximum Gasteiger partial charge on any atom is 0.244 e. The molecule has 27 heavy (non-hydrogen) atoms. The number of benzene rings is 2. The summed E-state index contributed by atoms with van der Waals surface area (Å²) in [6.45, 7) is 1.05. The van der Waals surface area contributed by atoms with Gasteiger partial charge in [0.1, 0.15) is 18.1 Å². The summed E-state index contributed by atoms with van der Waals surface area (Å²) in [5, 5.41) is 8.22. The Morgan fingerprint density at radius 3 is 2.52 bits per heavy atom. The lowest BCUT2D eigenvalue weighted by molar-refractivity contribution is 0.188. The van der Waals surface area contributed by atoms with Crippen molar-refractivity contribution in [2.75, 3.05) is 13.1 Å². The number of halogens is 1. The molecule has 4 rings (SSSR count). The Hall–Kier alpha value is -2.23. The monoisotopic (exact) mass is 448 g/mol. The van der Waals surface area contributed by atoms with Crippen molar-refractivity contribution in [1.82, 2.24) is 19.3 Å². The third kappa shape index (κ3) is 3.76. The molecular weight excluding hydrogens is 432 g/mol. The molecule has 7 nitrogen and oxygen atoms in total. The Balaban J connectivity index is 1.37. The first-order valence-electron chi connectivity index (χ1n) is 8.37. The van der Waals surface area contributed by atoms with Gasteiger partial charge in [0, 0.05) is 17.6 Å². The van der Waals surface area contributed by atoms with Gasteiger partial charge in [0.15, 0.2) is 0 Å². The minimum absolute atomic E-state index is 0.0276. The quantitative estimate of drug-likeness (QED) is 0.579. The van der Waals surface area contributed by atoms with E-state index in [0.29, 0.717) is 29.9 Å². The molecule has 0 amide bonds. The number of nitrogens with zero attached hydrogens (tertiary/aromatic N) is 4. The lowest BCUT2D eigenvalue weighted by atomic mass is 10.2. The van der Waals surface area contributed by atoms with Crippen molar-refractivity contribution in [2.45, 2.75) is 17.5 Å². The molecular formula is C18H17BrN4O3S. The Bertz CT molecular complexity index is 1030. The Morgan fingerprint density at radius 2 is 1.78 bits per heavy atom. The molecule has 2 heterocycles. The molecule has 0 atom stereocenters. The van der Waals surface area contributed by atoms with Gasteiger partial charge in [-0.2, -0.15) is 4.31 Å². The van der Waals surface area contributed by atoms with Crippen molar-refractivity contribution in [3.05, 3.63) is 71.0 Å². The van der Waals surface area contributed by atoms with E-state index in [1.54, 1.807) is 35.1 Å². The Labute approximate surface area is 165 Å². The number of aromatic nitrogens is 3.